The number of rotatable bonds is 6. The van der Waals surface area contributed by atoms with Crippen LogP contribution in [0.4, 0.5) is 10.8 Å². The number of aryl methyl sites for hydroxylation is 1. The van der Waals surface area contributed by atoms with Crippen LogP contribution in [0.15, 0.2) is 35.6 Å². The fraction of sp³-hybridized carbons (Fsp3) is 0.368. The van der Waals surface area contributed by atoms with Crippen molar-refractivity contribution in [3.05, 3.63) is 36.2 Å². The average molecular weight is 432 g/mol. The van der Waals surface area contributed by atoms with Crippen LogP contribution in [0, 0.1) is 0 Å². The Hall–Kier alpha value is -1.84. The Balaban J connectivity index is 1.43. The van der Waals surface area contributed by atoms with Gasteiger partial charge in [0, 0.05) is 30.3 Å². The van der Waals surface area contributed by atoms with Crippen molar-refractivity contribution < 1.29 is 4.79 Å². The second-order valence-corrected chi connectivity index (χ2v) is 9.48. The molecule has 28 heavy (non-hydrogen) atoms. The summed E-state index contributed by atoms with van der Waals surface area (Å²) in [5, 5.41) is 4.78. The summed E-state index contributed by atoms with van der Waals surface area (Å²) in [6.45, 7) is 4.13. The van der Waals surface area contributed by atoms with Crippen LogP contribution in [0.5, 0.6) is 0 Å². The highest BCUT2D eigenvalue weighted by Gasteiger charge is 2.18. The zero-order chi connectivity index (χ0) is 19.3. The minimum atomic E-state index is -0.0391. The lowest BCUT2D eigenvalue weighted by Gasteiger charge is -2.25. The Morgan fingerprint density at radius 2 is 2.14 bits per heavy atom. The summed E-state index contributed by atoms with van der Waals surface area (Å²) in [5.41, 5.74) is 2.75. The van der Waals surface area contributed by atoms with E-state index in [-0.39, 0.29) is 5.91 Å². The molecule has 6 nitrogen and oxygen atoms in total. The van der Waals surface area contributed by atoms with Crippen LogP contribution in [0.1, 0.15) is 12.5 Å². The van der Waals surface area contributed by atoms with Crippen molar-refractivity contribution in [1.82, 2.24) is 15.0 Å². The van der Waals surface area contributed by atoms with Crippen LogP contribution in [0.3, 0.4) is 0 Å². The van der Waals surface area contributed by atoms with Gasteiger partial charge in [0.2, 0.25) is 5.91 Å². The first kappa shape index (κ1) is 19.5. The molecule has 0 spiro atoms. The largest absolute Gasteiger partial charge is 0.346 e. The molecule has 0 saturated carbocycles. The topological polar surface area (TPSA) is 71.0 Å². The molecule has 3 aromatic rings. The van der Waals surface area contributed by atoms with Crippen LogP contribution >= 0.6 is 34.9 Å². The van der Waals surface area contributed by atoms with E-state index in [1.807, 2.05) is 30.0 Å². The molecule has 1 amide bonds. The van der Waals surface area contributed by atoms with E-state index in [9.17, 15) is 4.79 Å². The summed E-state index contributed by atoms with van der Waals surface area (Å²) >= 11 is 5.03. The summed E-state index contributed by atoms with van der Waals surface area (Å²) in [5.74, 6) is 2.52. The van der Waals surface area contributed by atoms with Crippen molar-refractivity contribution in [2.45, 2.75) is 18.4 Å². The van der Waals surface area contributed by atoms with Crippen molar-refractivity contribution in [1.29, 1.82) is 0 Å². The molecular weight excluding hydrogens is 410 g/mol. The number of hydrogen-bond acceptors (Lipinski definition) is 8. The summed E-state index contributed by atoms with van der Waals surface area (Å²) in [6.07, 6.45) is 2.48. The molecular formula is C19H21N5OS3. The van der Waals surface area contributed by atoms with Crippen molar-refractivity contribution in [3.8, 4) is 0 Å². The van der Waals surface area contributed by atoms with Gasteiger partial charge in [0.25, 0.3) is 0 Å². The minimum absolute atomic E-state index is 0.0391. The molecule has 1 fully saturated rings. The SMILES string of the molecule is CCc1cccc(NC(=O)CSc2ncnc3nc(N4CCSCC4)sc23)c1. The Labute approximate surface area is 176 Å². The van der Waals surface area contributed by atoms with Crippen molar-refractivity contribution in [2.24, 2.45) is 0 Å². The first-order valence-electron chi connectivity index (χ1n) is 9.18. The van der Waals surface area contributed by atoms with Gasteiger partial charge >= 0.3 is 0 Å². The number of amides is 1. The highest BCUT2D eigenvalue weighted by atomic mass is 32.2. The van der Waals surface area contributed by atoms with E-state index < -0.39 is 0 Å². The first-order valence-corrected chi connectivity index (χ1v) is 12.1. The Morgan fingerprint density at radius 3 is 2.96 bits per heavy atom. The van der Waals surface area contributed by atoms with Gasteiger partial charge in [0.15, 0.2) is 10.8 Å². The number of aromatic nitrogens is 3. The molecule has 2 aromatic heterocycles. The number of benzene rings is 1. The highest BCUT2D eigenvalue weighted by molar-refractivity contribution is 8.00. The molecule has 9 heteroatoms. The number of carbonyl (C=O) groups excluding carboxylic acids is 1. The van der Waals surface area contributed by atoms with E-state index in [0.29, 0.717) is 11.4 Å². The number of anilines is 2. The smallest absolute Gasteiger partial charge is 0.234 e. The van der Waals surface area contributed by atoms with E-state index in [2.05, 4.69) is 38.2 Å². The van der Waals surface area contributed by atoms with Gasteiger partial charge in [0.1, 0.15) is 16.1 Å². The Morgan fingerprint density at radius 1 is 1.29 bits per heavy atom. The van der Waals surface area contributed by atoms with E-state index in [0.717, 1.165) is 51.6 Å². The van der Waals surface area contributed by atoms with Gasteiger partial charge in [0.05, 0.1) is 5.75 Å². The third-order valence-electron chi connectivity index (χ3n) is 4.39. The number of hydrogen-bond donors (Lipinski definition) is 1. The third-order valence-corrected chi connectivity index (χ3v) is 7.56. The second-order valence-electron chi connectivity index (χ2n) is 6.32. The maximum atomic E-state index is 12.4. The summed E-state index contributed by atoms with van der Waals surface area (Å²) in [6, 6.07) is 7.95. The first-order chi connectivity index (χ1) is 13.7. The van der Waals surface area contributed by atoms with Crippen LogP contribution in [0.2, 0.25) is 0 Å². The molecule has 1 aliphatic heterocycles. The molecule has 146 valence electrons. The maximum Gasteiger partial charge on any atom is 0.234 e. The fourth-order valence-electron chi connectivity index (χ4n) is 2.92. The molecule has 1 N–H and O–H groups in total. The molecule has 3 heterocycles. The monoisotopic (exact) mass is 431 g/mol. The van der Waals surface area contributed by atoms with Gasteiger partial charge in [-0.1, -0.05) is 42.2 Å². The summed E-state index contributed by atoms with van der Waals surface area (Å²) in [4.78, 5) is 28.1. The second kappa shape index (κ2) is 9.11. The Kier molecular flexibility index (Phi) is 6.33. The van der Waals surface area contributed by atoms with Crippen LogP contribution in [0.25, 0.3) is 10.3 Å². The quantitative estimate of drug-likeness (QED) is 0.468. The van der Waals surface area contributed by atoms with Gasteiger partial charge in [-0.2, -0.15) is 16.7 Å². The van der Waals surface area contributed by atoms with Gasteiger partial charge in [-0.3, -0.25) is 4.79 Å². The van der Waals surface area contributed by atoms with Crippen LogP contribution < -0.4 is 10.2 Å². The van der Waals surface area contributed by atoms with Gasteiger partial charge in [-0.25, -0.2) is 9.97 Å². The van der Waals surface area contributed by atoms with E-state index >= 15 is 0 Å². The molecule has 0 aliphatic carbocycles. The van der Waals surface area contributed by atoms with E-state index in [4.69, 9.17) is 0 Å². The zero-order valence-corrected chi connectivity index (χ0v) is 18.0. The predicted octanol–water partition coefficient (Wildman–Crippen LogP) is 3.93. The number of nitrogens with zero attached hydrogens (tertiary/aromatic N) is 4. The summed E-state index contributed by atoms with van der Waals surface area (Å²) < 4.78 is 0.960. The van der Waals surface area contributed by atoms with Crippen molar-refractivity contribution in [3.63, 3.8) is 0 Å². The fourth-order valence-corrected chi connectivity index (χ4v) is 5.76. The average Bonchev–Trinajstić information content (AvgIpc) is 3.18. The molecule has 4 rings (SSSR count). The van der Waals surface area contributed by atoms with Crippen LogP contribution in [-0.4, -0.2) is 51.2 Å². The van der Waals surface area contributed by atoms with Gasteiger partial charge in [-0.15, -0.1) is 0 Å². The number of nitrogens with one attached hydrogen (secondary N) is 1. The lowest BCUT2D eigenvalue weighted by atomic mass is 10.1. The summed E-state index contributed by atoms with van der Waals surface area (Å²) in [7, 11) is 0. The molecule has 0 unspecified atom stereocenters. The standard InChI is InChI=1S/C19H21N5OS3/c1-2-13-4-3-5-14(10-13)22-15(25)11-27-18-16-17(20-12-21-18)23-19(28-16)24-6-8-26-9-7-24/h3-5,10,12H,2,6-9,11H2,1H3,(H,22,25). The van der Waals surface area contributed by atoms with E-state index in [1.165, 1.54) is 23.7 Å². The van der Waals surface area contributed by atoms with Gasteiger partial charge in [-0.05, 0) is 24.1 Å². The molecule has 0 atom stereocenters. The lowest BCUT2D eigenvalue weighted by molar-refractivity contribution is -0.113. The zero-order valence-electron chi connectivity index (χ0n) is 15.6. The number of fused-ring (bicyclic) bond motifs is 1. The maximum absolute atomic E-state index is 12.4. The number of thiazole rings is 1. The van der Waals surface area contributed by atoms with Crippen molar-refractivity contribution in [2.75, 3.05) is 40.6 Å². The van der Waals surface area contributed by atoms with E-state index in [1.54, 1.807) is 11.3 Å². The van der Waals surface area contributed by atoms with Gasteiger partial charge < -0.3 is 10.2 Å². The number of carbonyl (C=O) groups is 1. The number of thioether (sulfide) groups is 2. The molecule has 0 radical (unpaired) electrons. The third kappa shape index (κ3) is 4.59. The highest BCUT2D eigenvalue weighted by Crippen LogP contribution is 2.34. The predicted molar refractivity (Wildman–Crippen MR) is 120 cm³/mol. The molecule has 1 aromatic carbocycles. The normalized spacial score (nSPS) is 14.4. The molecule has 1 aliphatic rings. The molecule has 1 saturated heterocycles. The minimum Gasteiger partial charge on any atom is -0.346 e. The Bertz CT molecular complexity index is 971. The molecule has 0 bridgehead atoms. The van der Waals surface area contributed by atoms with Crippen molar-refractivity contribution >= 4 is 61.9 Å². The van der Waals surface area contributed by atoms with Crippen LogP contribution in [-0.2, 0) is 11.2 Å². The lowest BCUT2D eigenvalue weighted by Crippen LogP contribution is -2.32.